The third-order valence-corrected chi connectivity index (χ3v) is 7.41. The van der Waals surface area contributed by atoms with Crippen molar-refractivity contribution < 1.29 is 19.4 Å². The highest BCUT2D eigenvalue weighted by Crippen LogP contribution is 2.30. The molecule has 6 N–H and O–H groups in total. The number of anilines is 1. The fourth-order valence-corrected chi connectivity index (χ4v) is 5.47. The number of imidazole rings is 1. The molecule has 4 aromatic rings. The molecule has 2 aromatic carbocycles. The van der Waals surface area contributed by atoms with Crippen molar-refractivity contribution in [3.8, 4) is 0 Å². The van der Waals surface area contributed by atoms with Crippen LogP contribution in [0.3, 0.4) is 0 Å². The van der Waals surface area contributed by atoms with Crippen molar-refractivity contribution >= 4 is 28.9 Å². The lowest BCUT2D eigenvalue weighted by Crippen LogP contribution is -2.50. The van der Waals surface area contributed by atoms with Crippen LogP contribution < -0.4 is 5.73 Å². The van der Waals surface area contributed by atoms with Crippen LogP contribution in [0.25, 0.3) is 11.2 Å². The Bertz CT molecular complexity index is 1250. The number of nitrogens with zero attached hydrogens (tertiary/aromatic N) is 5. The largest absolute Gasteiger partial charge is 0.412 e. The number of benzene rings is 2. The van der Waals surface area contributed by atoms with Gasteiger partial charge in [0.2, 0.25) is 5.95 Å². The van der Waals surface area contributed by atoms with Gasteiger partial charge in [-0.3, -0.25) is 9.80 Å². The second-order valence-electron chi connectivity index (χ2n) is 8.80. The summed E-state index contributed by atoms with van der Waals surface area (Å²) in [6.45, 7) is 3.59. The lowest BCUT2D eigenvalue weighted by Gasteiger charge is -2.40. The SMILES string of the molecule is Nc1nc(SCC(O)CN2CCN(C(c3ccc(F)cc3)c3ccc(F)cc3)CC2)c2[nH]cnc2n1.O. The zero-order valence-electron chi connectivity index (χ0n) is 20.0. The van der Waals surface area contributed by atoms with E-state index >= 15 is 0 Å². The first kappa shape index (κ1) is 26.9. The maximum absolute atomic E-state index is 13.6. The molecule has 37 heavy (non-hydrogen) atoms. The molecule has 1 aliphatic rings. The van der Waals surface area contributed by atoms with Crippen molar-refractivity contribution in [3.05, 3.63) is 77.6 Å². The lowest BCUT2D eigenvalue weighted by atomic mass is 9.96. The van der Waals surface area contributed by atoms with Crippen LogP contribution in [0.5, 0.6) is 0 Å². The van der Waals surface area contributed by atoms with Crippen molar-refractivity contribution in [2.24, 2.45) is 0 Å². The quantitative estimate of drug-likeness (QED) is 0.233. The number of aromatic nitrogens is 4. The number of fused-ring (bicyclic) bond motifs is 1. The molecule has 0 saturated carbocycles. The molecule has 196 valence electrons. The maximum Gasteiger partial charge on any atom is 0.223 e. The lowest BCUT2D eigenvalue weighted by molar-refractivity contribution is 0.0708. The van der Waals surface area contributed by atoms with E-state index in [0.29, 0.717) is 28.5 Å². The molecule has 5 rings (SSSR count). The molecule has 0 spiro atoms. The predicted molar refractivity (Wildman–Crippen MR) is 139 cm³/mol. The summed E-state index contributed by atoms with van der Waals surface area (Å²) in [7, 11) is 0. The number of hydrogen-bond acceptors (Lipinski definition) is 8. The highest BCUT2D eigenvalue weighted by Gasteiger charge is 2.27. The van der Waals surface area contributed by atoms with Crippen LogP contribution in [0.2, 0.25) is 0 Å². The van der Waals surface area contributed by atoms with Crippen molar-refractivity contribution in [1.29, 1.82) is 0 Å². The Morgan fingerprint density at radius 3 is 2.14 bits per heavy atom. The Labute approximate surface area is 217 Å². The Kier molecular flexibility index (Phi) is 8.67. The van der Waals surface area contributed by atoms with Crippen LogP contribution in [0, 0.1) is 11.6 Å². The first-order valence-corrected chi connectivity index (χ1v) is 12.7. The number of aliphatic hydroxyl groups excluding tert-OH is 1. The molecule has 1 unspecified atom stereocenters. The predicted octanol–water partition coefficient (Wildman–Crippen LogP) is 2.25. The van der Waals surface area contributed by atoms with Gasteiger partial charge in [-0.05, 0) is 35.4 Å². The molecule has 3 heterocycles. The monoisotopic (exact) mass is 529 g/mol. The van der Waals surface area contributed by atoms with Gasteiger partial charge in [0.05, 0.1) is 18.5 Å². The molecule has 1 atom stereocenters. The van der Waals surface area contributed by atoms with Gasteiger partial charge >= 0.3 is 0 Å². The van der Waals surface area contributed by atoms with Gasteiger partial charge in [0, 0.05) is 38.5 Å². The summed E-state index contributed by atoms with van der Waals surface area (Å²) in [6, 6.07) is 12.9. The molecule has 1 fully saturated rings. The third kappa shape index (κ3) is 6.40. The number of piperazine rings is 1. The minimum Gasteiger partial charge on any atom is -0.412 e. The number of nitrogen functional groups attached to an aromatic ring is 1. The van der Waals surface area contributed by atoms with E-state index in [9.17, 15) is 13.9 Å². The summed E-state index contributed by atoms with van der Waals surface area (Å²) < 4.78 is 27.1. The van der Waals surface area contributed by atoms with Gasteiger partial charge in [-0.2, -0.15) is 4.98 Å². The molecule has 12 heteroatoms. The average molecular weight is 530 g/mol. The van der Waals surface area contributed by atoms with E-state index in [1.165, 1.54) is 36.0 Å². The number of nitrogens with two attached hydrogens (primary N) is 1. The van der Waals surface area contributed by atoms with Crippen molar-refractivity contribution in [3.63, 3.8) is 0 Å². The van der Waals surface area contributed by atoms with Crippen molar-refractivity contribution in [2.45, 2.75) is 17.2 Å². The second-order valence-corrected chi connectivity index (χ2v) is 9.80. The summed E-state index contributed by atoms with van der Waals surface area (Å²) in [5.41, 5.74) is 8.91. The van der Waals surface area contributed by atoms with Crippen molar-refractivity contribution in [1.82, 2.24) is 29.7 Å². The number of hydrogen-bond donors (Lipinski definition) is 3. The molecule has 0 radical (unpaired) electrons. The van der Waals surface area contributed by atoms with E-state index in [1.807, 2.05) is 0 Å². The molecule has 2 aromatic heterocycles. The second kappa shape index (κ2) is 11.9. The van der Waals surface area contributed by atoms with Gasteiger partial charge in [0.1, 0.15) is 22.2 Å². The van der Waals surface area contributed by atoms with E-state index in [0.717, 1.165) is 37.3 Å². The first-order valence-electron chi connectivity index (χ1n) is 11.7. The molecular weight excluding hydrogens is 500 g/mol. The zero-order valence-corrected chi connectivity index (χ0v) is 20.8. The molecule has 0 bridgehead atoms. The van der Waals surface area contributed by atoms with E-state index in [-0.39, 0.29) is 29.1 Å². The number of H-pyrrole nitrogens is 1. The van der Waals surface area contributed by atoms with E-state index in [4.69, 9.17) is 5.73 Å². The standard InChI is InChI=1S/C25H27F2N7OS.H2O/c26-18-5-1-16(2-6-18)22(17-3-7-19(27)8-4-17)34-11-9-33(10-12-34)13-20(35)14-36-24-21-23(30-15-29-21)31-25(28)32-24;/h1-8,15,20,22,35H,9-14H2,(H3,28,29,30,31,32);1H2. The Hall–Kier alpha value is -3.16. The fourth-order valence-electron chi connectivity index (χ4n) is 4.56. The molecule has 1 aliphatic heterocycles. The van der Waals surface area contributed by atoms with E-state index in [1.54, 1.807) is 30.6 Å². The van der Waals surface area contributed by atoms with E-state index in [2.05, 4.69) is 29.7 Å². The number of rotatable bonds is 8. The van der Waals surface area contributed by atoms with Crippen LogP contribution in [0.1, 0.15) is 17.2 Å². The Morgan fingerprint density at radius 2 is 1.54 bits per heavy atom. The molecule has 0 aliphatic carbocycles. The molecule has 1 saturated heterocycles. The van der Waals surface area contributed by atoms with Gasteiger partial charge in [-0.1, -0.05) is 24.3 Å². The minimum atomic E-state index is -0.555. The van der Waals surface area contributed by atoms with Gasteiger partial charge in [0.15, 0.2) is 5.65 Å². The molecule has 0 amide bonds. The van der Waals surface area contributed by atoms with Gasteiger partial charge < -0.3 is 21.3 Å². The topological polar surface area (TPSA) is 139 Å². The average Bonchev–Trinajstić information content (AvgIpc) is 3.35. The van der Waals surface area contributed by atoms with Crippen LogP contribution in [-0.2, 0) is 0 Å². The number of thioether (sulfide) groups is 1. The fraction of sp³-hybridized carbons (Fsp3) is 0.320. The molecule has 9 nitrogen and oxygen atoms in total. The van der Waals surface area contributed by atoms with Crippen LogP contribution >= 0.6 is 11.8 Å². The minimum absolute atomic E-state index is 0. The highest BCUT2D eigenvalue weighted by atomic mass is 32.2. The normalized spacial score (nSPS) is 15.7. The summed E-state index contributed by atoms with van der Waals surface area (Å²) in [4.78, 5) is 20.0. The summed E-state index contributed by atoms with van der Waals surface area (Å²) >= 11 is 1.42. The third-order valence-electron chi connectivity index (χ3n) is 6.29. The smallest absolute Gasteiger partial charge is 0.223 e. The Balaban J connectivity index is 0.00000320. The van der Waals surface area contributed by atoms with Crippen LogP contribution in [-0.4, -0.2) is 84.9 Å². The number of β-amino-alcohol motifs (C(OH)–C–C–N with tert-alkyl or cyclic N) is 1. The van der Waals surface area contributed by atoms with Crippen molar-refractivity contribution in [2.75, 3.05) is 44.2 Å². The number of nitrogens with one attached hydrogen (secondary N) is 1. The van der Waals surface area contributed by atoms with Crippen LogP contribution in [0.4, 0.5) is 14.7 Å². The number of aliphatic hydroxyl groups is 1. The van der Waals surface area contributed by atoms with Gasteiger partial charge in [-0.15, -0.1) is 11.8 Å². The number of halogens is 2. The highest BCUT2D eigenvalue weighted by molar-refractivity contribution is 7.99. The zero-order chi connectivity index (χ0) is 25.1. The number of aromatic amines is 1. The van der Waals surface area contributed by atoms with Gasteiger partial charge in [-0.25, -0.2) is 18.7 Å². The maximum atomic E-state index is 13.6. The summed E-state index contributed by atoms with van der Waals surface area (Å²) in [5.74, 6) is 0.0374. The summed E-state index contributed by atoms with van der Waals surface area (Å²) in [6.07, 6.45) is 0.991. The van der Waals surface area contributed by atoms with Gasteiger partial charge in [0.25, 0.3) is 0 Å². The summed E-state index contributed by atoms with van der Waals surface area (Å²) in [5, 5.41) is 11.4. The van der Waals surface area contributed by atoms with Crippen LogP contribution in [0.15, 0.2) is 59.9 Å². The first-order chi connectivity index (χ1) is 17.5. The van der Waals surface area contributed by atoms with E-state index < -0.39 is 6.10 Å². The molecular formula is C25H29F2N7O2S. The Morgan fingerprint density at radius 1 is 0.946 bits per heavy atom.